The molecule has 1 atom stereocenters. The molecular weight excluding hydrogens is 176 g/mol. The monoisotopic (exact) mass is 190 g/mol. The van der Waals surface area contributed by atoms with Gasteiger partial charge >= 0.3 is 0 Å². The van der Waals surface area contributed by atoms with Crippen LogP contribution in [0.5, 0.6) is 0 Å². The predicted octanol–water partition coefficient (Wildman–Crippen LogP) is 2.12. The molecule has 0 aliphatic heterocycles. The SMILES string of the molecule is CC(=O)[C@@](C)(CC=O)c1ccccc1. The van der Waals surface area contributed by atoms with Crippen molar-refractivity contribution >= 4 is 12.1 Å². The molecule has 1 aromatic carbocycles. The van der Waals surface area contributed by atoms with Crippen LogP contribution in [-0.2, 0) is 15.0 Å². The molecule has 1 aromatic rings. The van der Waals surface area contributed by atoms with Crippen LogP contribution in [0, 0.1) is 0 Å². The molecule has 1 rings (SSSR count). The Bertz CT molecular complexity index is 329. The van der Waals surface area contributed by atoms with Crippen LogP contribution in [0.4, 0.5) is 0 Å². The summed E-state index contributed by atoms with van der Waals surface area (Å²) in [7, 11) is 0. The van der Waals surface area contributed by atoms with E-state index in [0.29, 0.717) is 0 Å². The third-order valence-corrected chi connectivity index (χ3v) is 2.68. The van der Waals surface area contributed by atoms with Crippen molar-refractivity contribution < 1.29 is 9.59 Å². The summed E-state index contributed by atoms with van der Waals surface area (Å²) in [6.45, 7) is 3.33. The summed E-state index contributed by atoms with van der Waals surface area (Å²) in [5.41, 5.74) is 0.239. The fourth-order valence-corrected chi connectivity index (χ4v) is 1.44. The number of Topliss-reactive ketones (excluding diaryl/α,β-unsaturated/α-hetero) is 1. The standard InChI is InChI=1S/C12H14O2/c1-10(14)12(2,8-9-13)11-6-4-3-5-7-11/h3-7,9H,8H2,1-2H3/t12-/m1/s1. The van der Waals surface area contributed by atoms with Gasteiger partial charge in [0.05, 0.1) is 5.41 Å². The third-order valence-electron chi connectivity index (χ3n) is 2.68. The molecule has 0 aromatic heterocycles. The van der Waals surface area contributed by atoms with Crippen LogP contribution in [0.1, 0.15) is 25.8 Å². The Hall–Kier alpha value is -1.44. The van der Waals surface area contributed by atoms with Gasteiger partial charge in [-0.1, -0.05) is 30.3 Å². The summed E-state index contributed by atoms with van der Waals surface area (Å²) in [6.07, 6.45) is 1.04. The van der Waals surface area contributed by atoms with Gasteiger partial charge in [0.2, 0.25) is 0 Å². The van der Waals surface area contributed by atoms with E-state index in [2.05, 4.69) is 0 Å². The van der Waals surface area contributed by atoms with Crippen molar-refractivity contribution in [3.8, 4) is 0 Å². The van der Waals surface area contributed by atoms with Gasteiger partial charge in [0, 0.05) is 6.42 Å². The summed E-state index contributed by atoms with van der Waals surface area (Å²) >= 11 is 0. The Morgan fingerprint density at radius 3 is 2.36 bits per heavy atom. The molecule has 2 nitrogen and oxygen atoms in total. The lowest BCUT2D eigenvalue weighted by molar-refractivity contribution is -0.124. The van der Waals surface area contributed by atoms with Gasteiger partial charge in [0.1, 0.15) is 12.1 Å². The van der Waals surface area contributed by atoms with Crippen LogP contribution in [-0.4, -0.2) is 12.1 Å². The zero-order valence-electron chi connectivity index (χ0n) is 8.49. The van der Waals surface area contributed by atoms with Gasteiger partial charge in [-0.15, -0.1) is 0 Å². The highest BCUT2D eigenvalue weighted by Crippen LogP contribution is 2.27. The van der Waals surface area contributed by atoms with Crippen molar-refractivity contribution in [1.82, 2.24) is 0 Å². The van der Waals surface area contributed by atoms with E-state index in [0.717, 1.165) is 11.8 Å². The third kappa shape index (κ3) is 1.90. The van der Waals surface area contributed by atoms with Crippen molar-refractivity contribution in [1.29, 1.82) is 0 Å². The van der Waals surface area contributed by atoms with E-state index in [4.69, 9.17) is 0 Å². The summed E-state index contributed by atoms with van der Waals surface area (Å²) in [5, 5.41) is 0. The first-order valence-electron chi connectivity index (χ1n) is 4.61. The van der Waals surface area contributed by atoms with E-state index >= 15 is 0 Å². The highest BCUT2D eigenvalue weighted by molar-refractivity contribution is 5.89. The average molecular weight is 190 g/mol. The Morgan fingerprint density at radius 1 is 1.36 bits per heavy atom. The number of hydrogen-bond donors (Lipinski definition) is 0. The Balaban J connectivity index is 3.12. The first kappa shape index (κ1) is 10.6. The molecule has 0 bridgehead atoms. The maximum Gasteiger partial charge on any atom is 0.140 e. The van der Waals surface area contributed by atoms with Gasteiger partial charge in [-0.2, -0.15) is 0 Å². The largest absolute Gasteiger partial charge is 0.303 e. The van der Waals surface area contributed by atoms with E-state index in [1.807, 2.05) is 30.3 Å². The fourth-order valence-electron chi connectivity index (χ4n) is 1.44. The fraction of sp³-hybridized carbons (Fsp3) is 0.333. The van der Waals surface area contributed by atoms with Gasteiger partial charge < -0.3 is 4.79 Å². The summed E-state index contributed by atoms with van der Waals surface area (Å²) in [5.74, 6) is 0.0239. The van der Waals surface area contributed by atoms with Gasteiger partial charge in [-0.25, -0.2) is 0 Å². The number of hydrogen-bond acceptors (Lipinski definition) is 2. The second-order valence-electron chi connectivity index (χ2n) is 3.63. The van der Waals surface area contributed by atoms with Crippen LogP contribution in [0.2, 0.25) is 0 Å². The first-order chi connectivity index (χ1) is 6.61. The highest BCUT2D eigenvalue weighted by atomic mass is 16.1. The van der Waals surface area contributed by atoms with Gasteiger partial charge in [0.25, 0.3) is 0 Å². The normalized spacial score (nSPS) is 14.4. The number of ketones is 1. The van der Waals surface area contributed by atoms with Crippen LogP contribution >= 0.6 is 0 Å². The minimum absolute atomic E-state index is 0.0239. The van der Waals surface area contributed by atoms with Crippen LogP contribution in [0.25, 0.3) is 0 Å². The second-order valence-corrected chi connectivity index (χ2v) is 3.63. The molecule has 14 heavy (non-hydrogen) atoms. The lowest BCUT2D eigenvalue weighted by atomic mass is 9.77. The number of rotatable bonds is 4. The maximum atomic E-state index is 11.5. The van der Waals surface area contributed by atoms with Gasteiger partial charge in [-0.05, 0) is 19.4 Å². The zero-order valence-corrected chi connectivity index (χ0v) is 8.49. The van der Waals surface area contributed by atoms with Gasteiger partial charge in [0.15, 0.2) is 0 Å². The summed E-state index contributed by atoms with van der Waals surface area (Å²) in [6, 6.07) is 9.41. The van der Waals surface area contributed by atoms with Crippen LogP contribution < -0.4 is 0 Å². The molecule has 0 saturated carbocycles. The number of carbonyl (C=O) groups excluding carboxylic acids is 2. The molecule has 0 spiro atoms. The quantitative estimate of drug-likeness (QED) is 0.681. The number of carbonyl (C=O) groups is 2. The Morgan fingerprint density at radius 2 is 1.93 bits per heavy atom. The molecular formula is C12H14O2. The van der Waals surface area contributed by atoms with Crippen LogP contribution in [0.3, 0.4) is 0 Å². The molecule has 2 heteroatoms. The van der Waals surface area contributed by atoms with Crippen LogP contribution in [0.15, 0.2) is 30.3 Å². The Kier molecular flexibility index (Phi) is 3.18. The molecule has 0 heterocycles. The van der Waals surface area contributed by atoms with E-state index in [9.17, 15) is 9.59 Å². The minimum atomic E-state index is -0.664. The van der Waals surface area contributed by atoms with E-state index in [-0.39, 0.29) is 12.2 Å². The molecule has 74 valence electrons. The number of benzene rings is 1. The minimum Gasteiger partial charge on any atom is -0.303 e. The van der Waals surface area contributed by atoms with Crippen molar-refractivity contribution in [3.63, 3.8) is 0 Å². The Labute approximate surface area is 83.9 Å². The van der Waals surface area contributed by atoms with Crippen molar-refractivity contribution in [2.24, 2.45) is 0 Å². The molecule has 0 unspecified atom stereocenters. The van der Waals surface area contributed by atoms with Crippen molar-refractivity contribution in [3.05, 3.63) is 35.9 Å². The lowest BCUT2D eigenvalue weighted by Gasteiger charge is -2.24. The maximum absolute atomic E-state index is 11.5. The predicted molar refractivity (Wildman–Crippen MR) is 55.2 cm³/mol. The second kappa shape index (κ2) is 4.18. The van der Waals surface area contributed by atoms with E-state index in [1.54, 1.807) is 6.92 Å². The molecule has 0 saturated heterocycles. The zero-order chi connectivity index (χ0) is 10.6. The number of aldehydes is 1. The first-order valence-corrected chi connectivity index (χ1v) is 4.61. The lowest BCUT2D eigenvalue weighted by Crippen LogP contribution is -2.30. The van der Waals surface area contributed by atoms with Gasteiger partial charge in [-0.3, -0.25) is 4.79 Å². The average Bonchev–Trinajstić information content (AvgIpc) is 2.19. The molecule has 0 aliphatic rings. The van der Waals surface area contributed by atoms with Crippen molar-refractivity contribution in [2.75, 3.05) is 0 Å². The van der Waals surface area contributed by atoms with E-state index in [1.165, 1.54) is 6.92 Å². The van der Waals surface area contributed by atoms with E-state index < -0.39 is 5.41 Å². The summed E-state index contributed by atoms with van der Waals surface area (Å²) < 4.78 is 0. The smallest absolute Gasteiger partial charge is 0.140 e. The highest BCUT2D eigenvalue weighted by Gasteiger charge is 2.31. The molecule has 0 aliphatic carbocycles. The topological polar surface area (TPSA) is 34.1 Å². The van der Waals surface area contributed by atoms with Crippen molar-refractivity contribution in [2.45, 2.75) is 25.7 Å². The molecule has 0 fully saturated rings. The molecule has 0 amide bonds. The molecule has 0 radical (unpaired) electrons. The molecule has 0 N–H and O–H groups in total. The summed E-state index contributed by atoms with van der Waals surface area (Å²) in [4.78, 5) is 22.0.